The van der Waals surface area contributed by atoms with Gasteiger partial charge in [-0.2, -0.15) is 0 Å². The van der Waals surface area contributed by atoms with Gasteiger partial charge >= 0.3 is 5.97 Å². The van der Waals surface area contributed by atoms with Gasteiger partial charge in [-0.15, -0.1) is 0 Å². The van der Waals surface area contributed by atoms with E-state index in [1.807, 2.05) is 26.0 Å². The molecule has 4 nitrogen and oxygen atoms in total. The van der Waals surface area contributed by atoms with Crippen molar-refractivity contribution in [3.63, 3.8) is 0 Å². The third kappa shape index (κ3) is 3.91. The van der Waals surface area contributed by atoms with Crippen LogP contribution in [0.25, 0.3) is 0 Å². The van der Waals surface area contributed by atoms with E-state index < -0.39 is 5.97 Å². The van der Waals surface area contributed by atoms with Crippen LogP contribution in [0.2, 0.25) is 5.02 Å². The second-order valence-electron chi connectivity index (χ2n) is 4.20. The van der Waals surface area contributed by atoms with E-state index in [9.17, 15) is 4.79 Å². The smallest absolute Gasteiger partial charge is 0.335 e. The first kappa shape index (κ1) is 13.8. The van der Waals surface area contributed by atoms with Crippen molar-refractivity contribution in [3.05, 3.63) is 28.8 Å². The zero-order valence-electron chi connectivity index (χ0n) is 10.3. The van der Waals surface area contributed by atoms with Gasteiger partial charge in [-0.25, -0.2) is 4.79 Å². The van der Waals surface area contributed by atoms with Gasteiger partial charge in [0.25, 0.3) is 0 Å². The number of hydrogen-bond acceptors (Lipinski definition) is 3. The fraction of sp³-hybridized carbons (Fsp3) is 0.417. The molecule has 94 valence electrons. The first-order valence-electron chi connectivity index (χ1n) is 5.30. The molecule has 0 bridgehead atoms. The molecule has 1 aromatic rings. The molecule has 0 spiro atoms. The summed E-state index contributed by atoms with van der Waals surface area (Å²) in [5.41, 5.74) is 1.05. The summed E-state index contributed by atoms with van der Waals surface area (Å²) in [5.74, 6) is -0.964. The fourth-order valence-corrected chi connectivity index (χ4v) is 1.74. The average molecular weight is 257 g/mol. The minimum absolute atomic E-state index is 0.208. The summed E-state index contributed by atoms with van der Waals surface area (Å²) in [7, 11) is 5.94. The molecule has 0 heterocycles. The molecule has 1 rings (SSSR count). The lowest BCUT2D eigenvalue weighted by molar-refractivity contribution is 0.0697. The van der Waals surface area contributed by atoms with Crippen LogP contribution in [0, 0.1) is 0 Å². The van der Waals surface area contributed by atoms with E-state index >= 15 is 0 Å². The third-order valence-corrected chi connectivity index (χ3v) is 2.79. The van der Waals surface area contributed by atoms with E-state index in [1.165, 1.54) is 6.07 Å². The summed E-state index contributed by atoms with van der Waals surface area (Å²) in [6.07, 6.45) is 0. The third-order valence-electron chi connectivity index (χ3n) is 2.49. The Labute approximate surface area is 106 Å². The van der Waals surface area contributed by atoms with Crippen LogP contribution in [0.1, 0.15) is 10.4 Å². The highest BCUT2D eigenvalue weighted by Crippen LogP contribution is 2.25. The summed E-state index contributed by atoms with van der Waals surface area (Å²) in [6.45, 7) is 1.74. The van der Waals surface area contributed by atoms with Gasteiger partial charge in [-0.1, -0.05) is 11.6 Å². The Morgan fingerprint density at radius 1 is 1.29 bits per heavy atom. The quantitative estimate of drug-likeness (QED) is 0.876. The zero-order chi connectivity index (χ0) is 13.0. The lowest BCUT2D eigenvalue weighted by atomic mass is 10.2. The van der Waals surface area contributed by atoms with E-state index in [0.717, 1.165) is 18.8 Å². The number of anilines is 1. The van der Waals surface area contributed by atoms with E-state index in [1.54, 1.807) is 12.1 Å². The maximum Gasteiger partial charge on any atom is 0.335 e. The molecule has 1 aromatic carbocycles. The van der Waals surface area contributed by atoms with Crippen molar-refractivity contribution in [2.75, 3.05) is 39.1 Å². The molecule has 0 aliphatic rings. The fourth-order valence-electron chi connectivity index (χ4n) is 1.42. The summed E-state index contributed by atoms with van der Waals surface area (Å²) in [6, 6.07) is 4.78. The molecule has 0 amide bonds. The molecule has 0 aliphatic carbocycles. The maximum atomic E-state index is 10.8. The number of hydrogen-bond donors (Lipinski definition) is 1. The molecule has 1 N–H and O–H groups in total. The molecule has 0 saturated carbocycles. The number of likely N-dealkylation sites (N-methyl/N-ethyl adjacent to an activating group) is 2. The molecule has 0 saturated heterocycles. The van der Waals surface area contributed by atoms with Crippen LogP contribution in [-0.2, 0) is 0 Å². The topological polar surface area (TPSA) is 43.8 Å². The molecule has 0 aliphatic heterocycles. The second kappa shape index (κ2) is 5.89. The summed E-state index contributed by atoms with van der Waals surface area (Å²) >= 11 is 6.07. The molecule has 17 heavy (non-hydrogen) atoms. The Kier molecular flexibility index (Phi) is 4.78. The second-order valence-corrected chi connectivity index (χ2v) is 4.60. The normalized spacial score (nSPS) is 10.6. The van der Waals surface area contributed by atoms with E-state index in [2.05, 4.69) is 4.90 Å². The Morgan fingerprint density at radius 3 is 2.41 bits per heavy atom. The number of rotatable bonds is 5. The van der Waals surface area contributed by atoms with E-state index in [-0.39, 0.29) is 5.56 Å². The Hall–Kier alpha value is -1.26. The number of halogens is 1. The number of carboxylic acid groups (broad SMARTS) is 1. The summed E-state index contributed by atoms with van der Waals surface area (Å²) in [4.78, 5) is 14.9. The van der Waals surface area contributed by atoms with Crippen LogP contribution in [0.4, 0.5) is 5.69 Å². The molecule has 0 atom stereocenters. The van der Waals surface area contributed by atoms with Gasteiger partial charge in [0.05, 0.1) is 16.3 Å². The summed E-state index contributed by atoms with van der Waals surface area (Å²) < 4.78 is 0. The largest absolute Gasteiger partial charge is 0.478 e. The molecule has 5 heteroatoms. The molecular formula is C12H17ClN2O2. The SMILES string of the molecule is CN(C)CCN(C)c1ccc(C(=O)O)cc1Cl. The first-order valence-corrected chi connectivity index (χ1v) is 5.68. The van der Waals surface area contributed by atoms with Crippen LogP contribution in [0.3, 0.4) is 0 Å². The van der Waals surface area contributed by atoms with Crippen molar-refractivity contribution in [3.8, 4) is 0 Å². The highest BCUT2D eigenvalue weighted by molar-refractivity contribution is 6.33. The van der Waals surface area contributed by atoms with Gasteiger partial charge in [0.2, 0.25) is 0 Å². The van der Waals surface area contributed by atoms with Crippen molar-refractivity contribution in [1.29, 1.82) is 0 Å². The van der Waals surface area contributed by atoms with Crippen LogP contribution in [0.5, 0.6) is 0 Å². The van der Waals surface area contributed by atoms with Crippen LogP contribution < -0.4 is 4.90 Å². The lowest BCUT2D eigenvalue weighted by Crippen LogP contribution is -2.28. The van der Waals surface area contributed by atoms with Crippen LogP contribution >= 0.6 is 11.6 Å². The van der Waals surface area contributed by atoms with Gasteiger partial charge in [0.15, 0.2) is 0 Å². The predicted molar refractivity (Wildman–Crippen MR) is 70.2 cm³/mol. The van der Waals surface area contributed by atoms with Crippen molar-refractivity contribution in [1.82, 2.24) is 4.90 Å². The molecule has 0 unspecified atom stereocenters. The van der Waals surface area contributed by atoms with Crippen LogP contribution in [-0.4, -0.2) is 50.2 Å². The monoisotopic (exact) mass is 256 g/mol. The number of carboxylic acids is 1. The average Bonchev–Trinajstić information content (AvgIpc) is 2.25. The highest BCUT2D eigenvalue weighted by Gasteiger charge is 2.10. The Bertz CT molecular complexity index is 407. The Balaban J connectivity index is 2.81. The minimum atomic E-state index is -0.964. The summed E-state index contributed by atoms with van der Waals surface area (Å²) in [5, 5.41) is 9.30. The van der Waals surface area contributed by atoms with E-state index in [4.69, 9.17) is 16.7 Å². The van der Waals surface area contributed by atoms with Crippen molar-refractivity contribution < 1.29 is 9.90 Å². The zero-order valence-corrected chi connectivity index (χ0v) is 11.0. The lowest BCUT2D eigenvalue weighted by Gasteiger charge is -2.22. The molecule has 0 aromatic heterocycles. The predicted octanol–water partition coefficient (Wildman–Crippen LogP) is 2.04. The van der Waals surface area contributed by atoms with Crippen molar-refractivity contribution >= 4 is 23.3 Å². The van der Waals surface area contributed by atoms with Gasteiger partial charge in [-0.05, 0) is 32.3 Å². The van der Waals surface area contributed by atoms with Gasteiger partial charge < -0.3 is 14.9 Å². The minimum Gasteiger partial charge on any atom is -0.478 e. The Morgan fingerprint density at radius 2 is 1.94 bits per heavy atom. The number of benzene rings is 1. The molecule has 0 radical (unpaired) electrons. The number of nitrogens with zero attached hydrogens (tertiary/aromatic N) is 2. The van der Waals surface area contributed by atoms with Gasteiger partial charge in [0.1, 0.15) is 0 Å². The van der Waals surface area contributed by atoms with Crippen LogP contribution in [0.15, 0.2) is 18.2 Å². The van der Waals surface area contributed by atoms with Gasteiger partial charge in [-0.3, -0.25) is 0 Å². The maximum absolute atomic E-state index is 10.8. The van der Waals surface area contributed by atoms with Crippen molar-refractivity contribution in [2.24, 2.45) is 0 Å². The van der Waals surface area contributed by atoms with Crippen molar-refractivity contribution in [2.45, 2.75) is 0 Å². The first-order chi connectivity index (χ1) is 7.91. The van der Waals surface area contributed by atoms with E-state index in [0.29, 0.717) is 5.02 Å². The standard InChI is InChI=1S/C12H17ClN2O2/c1-14(2)6-7-15(3)11-5-4-9(12(16)17)8-10(11)13/h4-5,8H,6-7H2,1-3H3,(H,16,17). The molecule has 0 fully saturated rings. The highest BCUT2D eigenvalue weighted by atomic mass is 35.5. The number of aromatic carboxylic acids is 1. The molecular weight excluding hydrogens is 240 g/mol. The van der Waals surface area contributed by atoms with Gasteiger partial charge in [0, 0.05) is 20.1 Å². The number of carbonyl (C=O) groups is 1.